The molecule has 1 atom stereocenters. The molecule has 0 aliphatic rings. The Morgan fingerprint density at radius 2 is 2.00 bits per heavy atom. The van der Waals surface area contributed by atoms with E-state index >= 15 is 0 Å². The fourth-order valence-corrected chi connectivity index (χ4v) is 2.40. The normalized spacial score (nSPS) is 12.3. The number of nitrogens with one attached hydrogen (secondary N) is 1. The Hall–Kier alpha value is -1.58. The van der Waals surface area contributed by atoms with Crippen molar-refractivity contribution in [2.75, 3.05) is 12.3 Å². The summed E-state index contributed by atoms with van der Waals surface area (Å²) in [6.07, 6.45) is 2.66. The zero-order chi connectivity index (χ0) is 14.5. The van der Waals surface area contributed by atoms with Gasteiger partial charge in [-0.3, -0.25) is 0 Å². The van der Waals surface area contributed by atoms with Crippen LogP contribution in [0.3, 0.4) is 0 Å². The number of likely N-dealkylation sites (N-methyl/N-ethyl adjacent to an activating group) is 1. The molecular weight excluding hydrogens is 270 g/mol. The summed E-state index contributed by atoms with van der Waals surface area (Å²) in [5.74, 6) is 0.593. The monoisotopic (exact) mass is 289 g/mol. The minimum absolute atomic E-state index is 0.161. The van der Waals surface area contributed by atoms with Gasteiger partial charge in [0.05, 0.1) is 0 Å². The number of hydrogen-bond donors (Lipinski definition) is 2. The molecule has 0 saturated carbocycles. The highest BCUT2D eigenvalue weighted by molar-refractivity contribution is 6.30. The summed E-state index contributed by atoms with van der Waals surface area (Å²) in [5, 5.41) is 4.23. The Kier molecular flexibility index (Phi) is 4.99. The van der Waals surface area contributed by atoms with Crippen LogP contribution in [0.25, 0.3) is 0 Å². The van der Waals surface area contributed by atoms with Gasteiger partial charge in [0.25, 0.3) is 0 Å². The number of halogens is 1. The smallest absolute Gasteiger partial charge is 0.128 e. The van der Waals surface area contributed by atoms with Crippen LogP contribution in [-0.4, -0.2) is 11.5 Å². The molecule has 20 heavy (non-hydrogen) atoms. The van der Waals surface area contributed by atoms with Crippen LogP contribution in [0.5, 0.6) is 0 Å². The first kappa shape index (κ1) is 14.8. The average Bonchev–Trinajstić information content (AvgIpc) is 2.43. The lowest BCUT2D eigenvalue weighted by molar-refractivity contribution is 0.549. The van der Waals surface area contributed by atoms with Gasteiger partial charge in [0, 0.05) is 22.8 Å². The van der Waals surface area contributed by atoms with E-state index in [1.807, 2.05) is 31.2 Å². The Labute approximate surface area is 125 Å². The van der Waals surface area contributed by atoms with Gasteiger partial charge in [-0.05, 0) is 49.2 Å². The minimum Gasteiger partial charge on any atom is -0.383 e. The minimum atomic E-state index is 0.161. The van der Waals surface area contributed by atoms with E-state index < -0.39 is 0 Å². The third-order valence-corrected chi connectivity index (χ3v) is 3.52. The molecule has 0 bridgehead atoms. The van der Waals surface area contributed by atoms with E-state index in [-0.39, 0.29) is 6.04 Å². The van der Waals surface area contributed by atoms with Crippen molar-refractivity contribution in [2.45, 2.75) is 26.3 Å². The number of rotatable bonds is 5. The summed E-state index contributed by atoms with van der Waals surface area (Å²) in [7, 11) is 0. The molecule has 0 aliphatic heterocycles. The fraction of sp³-hybridized carbons (Fsp3) is 0.312. The number of nitrogen functional groups attached to an aromatic ring is 1. The lowest BCUT2D eigenvalue weighted by Gasteiger charge is -2.20. The van der Waals surface area contributed by atoms with Crippen molar-refractivity contribution in [1.82, 2.24) is 10.3 Å². The first-order valence-electron chi connectivity index (χ1n) is 6.80. The molecular formula is C16H20ClN3. The maximum absolute atomic E-state index is 6.03. The Bertz CT molecular complexity index is 566. The van der Waals surface area contributed by atoms with Crippen LogP contribution in [0.1, 0.15) is 29.7 Å². The topological polar surface area (TPSA) is 50.9 Å². The molecule has 0 amide bonds. The molecule has 0 spiro atoms. The molecule has 4 heteroatoms. The van der Waals surface area contributed by atoms with Crippen molar-refractivity contribution in [3.63, 3.8) is 0 Å². The fourth-order valence-electron chi connectivity index (χ4n) is 2.28. The lowest BCUT2D eigenvalue weighted by Crippen LogP contribution is -2.24. The summed E-state index contributed by atoms with van der Waals surface area (Å²) in [5.41, 5.74) is 9.43. The van der Waals surface area contributed by atoms with Gasteiger partial charge in [-0.2, -0.15) is 0 Å². The van der Waals surface area contributed by atoms with Gasteiger partial charge in [-0.1, -0.05) is 30.7 Å². The maximum atomic E-state index is 6.03. The van der Waals surface area contributed by atoms with Crippen LogP contribution in [0, 0.1) is 6.92 Å². The van der Waals surface area contributed by atoms with E-state index in [9.17, 15) is 0 Å². The Balaban J connectivity index is 2.26. The van der Waals surface area contributed by atoms with Crippen molar-refractivity contribution in [3.05, 3.63) is 58.2 Å². The van der Waals surface area contributed by atoms with Crippen molar-refractivity contribution in [2.24, 2.45) is 0 Å². The highest BCUT2D eigenvalue weighted by Crippen LogP contribution is 2.24. The van der Waals surface area contributed by atoms with Crippen LogP contribution in [-0.2, 0) is 6.42 Å². The van der Waals surface area contributed by atoms with Gasteiger partial charge in [-0.15, -0.1) is 0 Å². The number of hydrogen-bond acceptors (Lipinski definition) is 3. The molecule has 1 heterocycles. The van der Waals surface area contributed by atoms with Crippen molar-refractivity contribution < 1.29 is 0 Å². The first-order valence-corrected chi connectivity index (χ1v) is 7.17. The number of anilines is 1. The van der Waals surface area contributed by atoms with Crippen molar-refractivity contribution >= 4 is 17.4 Å². The number of nitrogens with zero attached hydrogens (tertiary/aromatic N) is 1. The third kappa shape index (κ3) is 3.71. The van der Waals surface area contributed by atoms with Gasteiger partial charge in [0.15, 0.2) is 0 Å². The molecule has 0 saturated heterocycles. The highest BCUT2D eigenvalue weighted by Gasteiger charge is 2.15. The van der Waals surface area contributed by atoms with E-state index in [1.54, 1.807) is 6.20 Å². The molecule has 3 nitrogen and oxygen atoms in total. The summed E-state index contributed by atoms with van der Waals surface area (Å²) in [6, 6.07) is 10.2. The van der Waals surface area contributed by atoms with Crippen molar-refractivity contribution in [3.8, 4) is 0 Å². The second kappa shape index (κ2) is 6.73. The summed E-state index contributed by atoms with van der Waals surface area (Å²) in [4.78, 5) is 4.25. The Morgan fingerprint density at radius 3 is 2.65 bits per heavy atom. The largest absolute Gasteiger partial charge is 0.383 e. The zero-order valence-electron chi connectivity index (χ0n) is 11.9. The molecule has 1 aromatic heterocycles. The predicted molar refractivity (Wildman–Crippen MR) is 85.0 cm³/mol. The summed E-state index contributed by atoms with van der Waals surface area (Å²) >= 11 is 5.93. The quantitative estimate of drug-likeness (QED) is 0.885. The molecule has 1 aromatic carbocycles. The SMILES string of the molecule is CCNC(Cc1ccc(Cl)cc1)c1cc(C)cnc1N. The van der Waals surface area contributed by atoms with Crippen LogP contribution in [0.2, 0.25) is 5.02 Å². The van der Waals surface area contributed by atoms with E-state index in [0.717, 1.165) is 29.1 Å². The van der Waals surface area contributed by atoms with Gasteiger partial charge >= 0.3 is 0 Å². The van der Waals surface area contributed by atoms with E-state index in [4.69, 9.17) is 17.3 Å². The third-order valence-electron chi connectivity index (χ3n) is 3.27. The first-order chi connectivity index (χ1) is 9.60. The van der Waals surface area contributed by atoms with Crippen LogP contribution >= 0.6 is 11.6 Å². The van der Waals surface area contributed by atoms with Gasteiger partial charge in [0.2, 0.25) is 0 Å². The summed E-state index contributed by atoms with van der Waals surface area (Å²) < 4.78 is 0. The molecule has 1 unspecified atom stereocenters. The van der Waals surface area contributed by atoms with Crippen molar-refractivity contribution in [1.29, 1.82) is 0 Å². The molecule has 0 fully saturated rings. The van der Waals surface area contributed by atoms with E-state index in [2.05, 4.69) is 23.3 Å². The van der Waals surface area contributed by atoms with Gasteiger partial charge < -0.3 is 11.1 Å². The zero-order valence-corrected chi connectivity index (χ0v) is 12.6. The highest BCUT2D eigenvalue weighted by atomic mass is 35.5. The second-order valence-electron chi connectivity index (χ2n) is 4.93. The van der Waals surface area contributed by atoms with Crippen LogP contribution < -0.4 is 11.1 Å². The second-order valence-corrected chi connectivity index (χ2v) is 5.36. The Morgan fingerprint density at radius 1 is 1.30 bits per heavy atom. The average molecular weight is 290 g/mol. The molecule has 0 radical (unpaired) electrons. The van der Waals surface area contributed by atoms with E-state index in [1.165, 1.54) is 5.56 Å². The van der Waals surface area contributed by atoms with Gasteiger partial charge in [-0.25, -0.2) is 4.98 Å². The lowest BCUT2D eigenvalue weighted by atomic mass is 9.98. The molecule has 2 aromatic rings. The summed E-state index contributed by atoms with van der Waals surface area (Å²) in [6.45, 7) is 5.00. The van der Waals surface area contributed by atoms with Crippen LogP contribution in [0.15, 0.2) is 36.5 Å². The van der Waals surface area contributed by atoms with Gasteiger partial charge in [0.1, 0.15) is 5.82 Å². The molecule has 106 valence electrons. The predicted octanol–water partition coefficient (Wildman–Crippen LogP) is 3.52. The number of aryl methyl sites for hydroxylation is 1. The standard InChI is InChI=1S/C16H20ClN3/c1-3-19-15(9-12-4-6-13(17)7-5-12)14-8-11(2)10-20-16(14)18/h4-8,10,15,19H,3,9H2,1-2H3,(H2,18,20). The number of benzene rings is 1. The molecule has 3 N–H and O–H groups in total. The molecule has 0 aliphatic carbocycles. The van der Waals surface area contributed by atoms with E-state index in [0.29, 0.717) is 5.82 Å². The van der Waals surface area contributed by atoms with Crippen LogP contribution in [0.4, 0.5) is 5.82 Å². The maximum Gasteiger partial charge on any atom is 0.128 e. The molecule has 2 rings (SSSR count). The number of aromatic nitrogens is 1. The number of pyridine rings is 1. The number of nitrogens with two attached hydrogens (primary N) is 1.